The second-order valence-corrected chi connectivity index (χ2v) is 8.57. The lowest BCUT2D eigenvalue weighted by Gasteiger charge is -2.27. The van der Waals surface area contributed by atoms with Gasteiger partial charge >= 0.3 is 0 Å². The maximum atomic E-state index is 13.5. The summed E-state index contributed by atoms with van der Waals surface area (Å²) in [4.78, 5) is 44.6. The first-order valence-electron chi connectivity index (χ1n) is 11.2. The van der Waals surface area contributed by atoms with E-state index in [2.05, 4.69) is 10.3 Å². The van der Waals surface area contributed by atoms with Gasteiger partial charge in [0, 0.05) is 42.3 Å². The first-order valence-corrected chi connectivity index (χ1v) is 11.2. The number of Topliss-reactive ketones (excluding diaryl/α,β-unsaturated/α-hetero) is 1. The van der Waals surface area contributed by atoms with Crippen LogP contribution in [0.5, 0.6) is 0 Å². The van der Waals surface area contributed by atoms with Crippen LogP contribution in [-0.4, -0.2) is 63.4 Å². The minimum absolute atomic E-state index is 0.0252. The Labute approximate surface area is 196 Å². The first-order chi connectivity index (χ1) is 16.5. The van der Waals surface area contributed by atoms with Gasteiger partial charge in [-0.05, 0) is 48.4 Å². The molecule has 0 spiro atoms. The zero-order valence-electron chi connectivity index (χ0n) is 18.5. The van der Waals surface area contributed by atoms with E-state index >= 15 is 0 Å². The van der Waals surface area contributed by atoms with Crippen LogP contribution in [0.1, 0.15) is 22.3 Å². The summed E-state index contributed by atoms with van der Waals surface area (Å²) in [7, 11) is 0. The van der Waals surface area contributed by atoms with E-state index in [-0.39, 0.29) is 36.7 Å². The number of nitrogens with one attached hydrogen (secondary N) is 1. The molecule has 174 valence electrons. The maximum absolute atomic E-state index is 13.5. The molecule has 3 atom stereocenters. The molecule has 2 aliphatic rings. The van der Waals surface area contributed by atoms with Crippen LogP contribution in [0.25, 0.3) is 5.69 Å². The van der Waals surface area contributed by atoms with Crippen molar-refractivity contribution in [1.82, 2.24) is 19.8 Å². The second kappa shape index (κ2) is 9.11. The van der Waals surface area contributed by atoms with Crippen LogP contribution >= 0.6 is 0 Å². The van der Waals surface area contributed by atoms with Crippen LogP contribution in [0.15, 0.2) is 67.3 Å². The molecule has 3 aromatic rings. The zero-order valence-corrected chi connectivity index (χ0v) is 18.5. The number of nitrogens with zero attached hydrogens (tertiary/aromatic N) is 3. The average Bonchev–Trinajstić information content (AvgIpc) is 3.60. The number of carbonyl (C=O) groups excluding carboxylic acids is 3. The van der Waals surface area contributed by atoms with Crippen LogP contribution in [0.2, 0.25) is 0 Å². The molecule has 0 radical (unpaired) electrons. The van der Waals surface area contributed by atoms with Crippen LogP contribution in [0.4, 0.5) is 5.69 Å². The topological polar surface area (TPSA) is 120 Å². The van der Waals surface area contributed by atoms with Gasteiger partial charge in [0.25, 0.3) is 5.91 Å². The number of carbonyl (C=O) groups is 3. The lowest BCUT2D eigenvalue weighted by Crippen LogP contribution is -2.53. The van der Waals surface area contributed by atoms with Gasteiger partial charge in [-0.3, -0.25) is 14.4 Å². The highest BCUT2D eigenvalue weighted by Crippen LogP contribution is 2.28. The van der Waals surface area contributed by atoms with Crippen LogP contribution in [-0.2, 0) is 20.7 Å². The number of anilines is 1. The number of hydrogen-bond acceptors (Lipinski definition) is 6. The SMILES string of the molecule is Nc1ccc(CC(NC(=O)c2ccc(-n3ccnc3)cc2)C(=O)N2CCC3OCC(=O)C32)cc1. The highest BCUT2D eigenvalue weighted by atomic mass is 16.5. The molecule has 3 N–H and O–H groups in total. The minimum atomic E-state index is -0.836. The Balaban J connectivity index is 1.36. The quantitative estimate of drug-likeness (QED) is 0.537. The molecule has 2 amide bonds. The molecular weight excluding hydrogens is 434 g/mol. The number of ether oxygens (including phenoxy) is 1. The number of amides is 2. The summed E-state index contributed by atoms with van der Waals surface area (Å²) in [6.07, 6.45) is 5.79. The summed E-state index contributed by atoms with van der Waals surface area (Å²) in [5, 5.41) is 2.89. The summed E-state index contributed by atoms with van der Waals surface area (Å²) in [5.74, 6) is -0.745. The number of nitrogen functional groups attached to an aromatic ring is 1. The van der Waals surface area contributed by atoms with Crippen molar-refractivity contribution >= 4 is 23.3 Å². The van der Waals surface area contributed by atoms with E-state index in [4.69, 9.17) is 10.5 Å². The molecule has 1 aromatic heterocycles. The second-order valence-electron chi connectivity index (χ2n) is 8.57. The van der Waals surface area contributed by atoms with E-state index in [0.717, 1.165) is 11.3 Å². The van der Waals surface area contributed by atoms with E-state index in [1.165, 1.54) is 0 Å². The van der Waals surface area contributed by atoms with Gasteiger partial charge in [-0.25, -0.2) is 4.98 Å². The van der Waals surface area contributed by atoms with Gasteiger partial charge in [-0.15, -0.1) is 0 Å². The van der Waals surface area contributed by atoms with Gasteiger partial charge in [0.15, 0.2) is 5.78 Å². The molecular formula is C25H25N5O4. The standard InChI is InChI=1S/C25H25N5O4/c26-18-5-1-16(2-6-18)13-20(25(33)30-11-9-22-23(30)21(31)14-34-22)28-24(32)17-3-7-19(8-4-17)29-12-10-27-15-29/h1-8,10,12,15,20,22-23H,9,11,13-14,26H2,(H,28,32). The van der Waals surface area contributed by atoms with Gasteiger partial charge in [0.05, 0.1) is 12.4 Å². The molecule has 2 aliphatic heterocycles. The number of likely N-dealkylation sites (tertiary alicyclic amines) is 1. The normalized spacial score (nSPS) is 20.2. The Morgan fingerprint density at radius 2 is 1.91 bits per heavy atom. The summed E-state index contributed by atoms with van der Waals surface area (Å²) in [6, 6.07) is 12.8. The molecule has 0 saturated carbocycles. The van der Waals surface area contributed by atoms with Crippen molar-refractivity contribution < 1.29 is 19.1 Å². The monoisotopic (exact) mass is 459 g/mol. The maximum Gasteiger partial charge on any atom is 0.251 e. The molecule has 2 saturated heterocycles. The molecule has 2 fully saturated rings. The van der Waals surface area contributed by atoms with Crippen molar-refractivity contribution in [2.75, 3.05) is 18.9 Å². The predicted octanol–water partition coefficient (Wildman–Crippen LogP) is 1.36. The number of nitrogens with two attached hydrogens (primary N) is 1. The Kier molecular flexibility index (Phi) is 5.85. The molecule has 34 heavy (non-hydrogen) atoms. The summed E-state index contributed by atoms with van der Waals surface area (Å²) >= 11 is 0. The van der Waals surface area contributed by atoms with Gasteiger partial charge in [-0.2, -0.15) is 0 Å². The molecule has 0 bridgehead atoms. The molecule has 2 aromatic carbocycles. The molecule has 5 rings (SSSR count). The third-order valence-corrected chi connectivity index (χ3v) is 6.35. The van der Waals surface area contributed by atoms with E-state index in [9.17, 15) is 14.4 Å². The number of imidazole rings is 1. The van der Waals surface area contributed by atoms with Crippen LogP contribution < -0.4 is 11.1 Å². The van der Waals surface area contributed by atoms with Crippen molar-refractivity contribution in [1.29, 1.82) is 0 Å². The fraction of sp³-hybridized carbons (Fsp3) is 0.280. The Hall–Kier alpha value is -3.98. The molecule has 0 aliphatic carbocycles. The van der Waals surface area contributed by atoms with Crippen molar-refractivity contribution in [2.24, 2.45) is 0 Å². The lowest BCUT2D eigenvalue weighted by molar-refractivity contribution is -0.138. The Bertz CT molecular complexity index is 1190. The smallest absolute Gasteiger partial charge is 0.251 e. The van der Waals surface area contributed by atoms with Crippen molar-refractivity contribution in [3.8, 4) is 5.69 Å². The third-order valence-electron chi connectivity index (χ3n) is 6.35. The number of fused-ring (bicyclic) bond motifs is 1. The number of rotatable bonds is 6. The van der Waals surface area contributed by atoms with Crippen LogP contribution in [0, 0.1) is 0 Å². The van der Waals surface area contributed by atoms with E-state index in [1.54, 1.807) is 41.7 Å². The van der Waals surface area contributed by atoms with Gasteiger partial charge in [-0.1, -0.05) is 12.1 Å². The first kappa shape index (κ1) is 21.8. The third kappa shape index (κ3) is 4.29. The zero-order chi connectivity index (χ0) is 23.7. The summed E-state index contributed by atoms with van der Waals surface area (Å²) in [5.41, 5.74) is 8.56. The van der Waals surface area contributed by atoms with Crippen molar-refractivity contribution in [3.05, 3.63) is 78.4 Å². The van der Waals surface area contributed by atoms with E-state index < -0.39 is 12.1 Å². The minimum Gasteiger partial charge on any atom is -0.399 e. The highest BCUT2D eigenvalue weighted by molar-refractivity contribution is 5.99. The van der Waals surface area contributed by atoms with E-state index in [0.29, 0.717) is 24.2 Å². The van der Waals surface area contributed by atoms with Gasteiger partial charge < -0.3 is 25.3 Å². The number of ketones is 1. The fourth-order valence-electron chi connectivity index (χ4n) is 4.57. The van der Waals surface area contributed by atoms with Crippen molar-refractivity contribution in [3.63, 3.8) is 0 Å². The molecule has 9 heteroatoms. The Morgan fingerprint density at radius 3 is 2.62 bits per heavy atom. The Morgan fingerprint density at radius 1 is 1.15 bits per heavy atom. The van der Waals surface area contributed by atoms with Crippen molar-refractivity contribution in [2.45, 2.75) is 31.0 Å². The average molecular weight is 460 g/mol. The summed E-state index contributed by atoms with van der Waals surface area (Å²) in [6.45, 7) is 0.449. The molecule has 3 heterocycles. The lowest BCUT2D eigenvalue weighted by atomic mass is 10.0. The molecule has 3 unspecified atom stereocenters. The van der Waals surface area contributed by atoms with Gasteiger partial charge in [0.1, 0.15) is 18.7 Å². The number of aromatic nitrogens is 2. The van der Waals surface area contributed by atoms with E-state index in [1.807, 2.05) is 35.0 Å². The fourth-order valence-corrected chi connectivity index (χ4v) is 4.57. The number of hydrogen-bond donors (Lipinski definition) is 2. The summed E-state index contributed by atoms with van der Waals surface area (Å²) < 4.78 is 7.35. The van der Waals surface area contributed by atoms with Crippen LogP contribution in [0.3, 0.4) is 0 Å². The number of benzene rings is 2. The highest BCUT2D eigenvalue weighted by Gasteiger charge is 2.48. The predicted molar refractivity (Wildman–Crippen MR) is 124 cm³/mol. The largest absolute Gasteiger partial charge is 0.399 e. The van der Waals surface area contributed by atoms with Gasteiger partial charge in [0.2, 0.25) is 5.91 Å². The molecule has 9 nitrogen and oxygen atoms in total.